The van der Waals surface area contributed by atoms with Gasteiger partial charge in [0.1, 0.15) is 5.82 Å². The number of halogens is 7. The number of aryl methyl sites for hydroxylation is 1. The standard InChI is InChI=1S/C23H16F7N5O3/c1-35-15(8-9-32-35)21(19(37)33-20(38)34-21)10-31-18(36)13-6-7-14(23(28,29)30)17(24)16(13)11-2-4-12(5-3-11)22(25,26)27/h2-9H,10H2,1H3,(H,31,36)(H2,33,34,37,38)/t21-/m0/s1. The van der Waals surface area contributed by atoms with Crippen molar-refractivity contribution < 1.29 is 45.1 Å². The first-order valence-electron chi connectivity index (χ1n) is 10.6. The molecule has 0 saturated carbocycles. The predicted molar refractivity (Wildman–Crippen MR) is 116 cm³/mol. The van der Waals surface area contributed by atoms with E-state index < -0.39 is 75.9 Å². The molecule has 3 N–H and O–H groups in total. The summed E-state index contributed by atoms with van der Waals surface area (Å²) in [4.78, 5) is 37.6. The van der Waals surface area contributed by atoms with Crippen LogP contribution in [0.25, 0.3) is 11.1 Å². The average molecular weight is 543 g/mol. The lowest BCUT2D eigenvalue weighted by Crippen LogP contribution is -2.53. The van der Waals surface area contributed by atoms with Crippen molar-refractivity contribution in [3.05, 3.63) is 76.9 Å². The van der Waals surface area contributed by atoms with Crippen molar-refractivity contribution >= 4 is 17.8 Å². The number of benzene rings is 2. The number of hydrogen-bond acceptors (Lipinski definition) is 4. The number of imide groups is 1. The molecule has 0 unspecified atom stereocenters. The van der Waals surface area contributed by atoms with Gasteiger partial charge in [-0.25, -0.2) is 9.18 Å². The zero-order chi connectivity index (χ0) is 28.0. The Morgan fingerprint density at radius 1 is 1.00 bits per heavy atom. The van der Waals surface area contributed by atoms with Crippen molar-refractivity contribution in [2.45, 2.75) is 17.9 Å². The molecule has 2 heterocycles. The molecule has 1 aromatic heterocycles. The number of hydrogen-bond donors (Lipinski definition) is 3. The molecule has 0 bridgehead atoms. The van der Waals surface area contributed by atoms with Crippen LogP contribution in [-0.2, 0) is 29.7 Å². The Labute approximate surface area is 208 Å². The molecule has 200 valence electrons. The van der Waals surface area contributed by atoms with Gasteiger partial charge in [-0.05, 0) is 35.9 Å². The largest absolute Gasteiger partial charge is 0.419 e. The molecule has 3 aromatic rings. The maximum absolute atomic E-state index is 15.2. The summed E-state index contributed by atoms with van der Waals surface area (Å²) < 4.78 is 95.5. The van der Waals surface area contributed by atoms with Gasteiger partial charge in [0.05, 0.1) is 28.9 Å². The topological polar surface area (TPSA) is 105 Å². The van der Waals surface area contributed by atoms with Crippen molar-refractivity contribution in [2.24, 2.45) is 7.05 Å². The second kappa shape index (κ2) is 9.15. The number of urea groups is 1. The molecule has 1 aliphatic heterocycles. The number of aromatic nitrogens is 2. The molecule has 15 heteroatoms. The number of nitrogens with one attached hydrogen (secondary N) is 3. The van der Waals surface area contributed by atoms with Crippen LogP contribution in [0.2, 0.25) is 0 Å². The second-order valence-electron chi connectivity index (χ2n) is 8.26. The van der Waals surface area contributed by atoms with Gasteiger partial charge in [-0.3, -0.25) is 19.6 Å². The van der Waals surface area contributed by atoms with E-state index in [1.165, 1.54) is 24.0 Å². The fourth-order valence-electron chi connectivity index (χ4n) is 4.08. The second-order valence-corrected chi connectivity index (χ2v) is 8.26. The molecule has 0 spiro atoms. The molecule has 0 aliphatic carbocycles. The number of nitrogens with zero attached hydrogens (tertiary/aromatic N) is 2. The van der Waals surface area contributed by atoms with Crippen LogP contribution < -0.4 is 16.0 Å². The summed E-state index contributed by atoms with van der Waals surface area (Å²) in [6, 6.07) is 4.01. The van der Waals surface area contributed by atoms with Gasteiger partial charge >= 0.3 is 18.4 Å². The highest BCUT2D eigenvalue weighted by Crippen LogP contribution is 2.39. The van der Waals surface area contributed by atoms with Gasteiger partial charge in [-0.1, -0.05) is 12.1 Å². The Morgan fingerprint density at radius 3 is 2.16 bits per heavy atom. The normalized spacial score (nSPS) is 17.8. The number of carbonyl (C=O) groups is 3. The van der Waals surface area contributed by atoms with Gasteiger partial charge in [-0.15, -0.1) is 0 Å². The minimum atomic E-state index is -5.17. The molecule has 1 aliphatic rings. The molecule has 4 rings (SSSR count). The van der Waals surface area contributed by atoms with E-state index in [1.54, 1.807) is 0 Å². The summed E-state index contributed by atoms with van der Waals surface area (Å²) in [6.07, 6.45) is -8.63. The molecule has 1 atom stereocenters. The molecular weight excluding hydrogens is 527 g/mol. The maximum atomic E-state index is 15.2. The van der Waals surface area contributed by atoms with E-state index in [4.69, 9.17) is 0 Å². The van der Waals surface area contributed by atoms with Crippen LogP contribution in [0.1, 0.15) is 27.2 Å². The van der Waals surface area contributed by atoms with Gasteiger partial charge in [0.15, 0.2) is 5.54 Å². The third kappa shape index (κ3) is 4.66. The SMILES string of the molecule is Cn1nccc1[C@]1(CNC(=O)c2ccc(C(F)(F)F)c(F)c2-c2ccc(C(F)(F)F)cc2)NC(=O)NC1=O. The van der Waals surface area contributed by atoms with Crippen LogP contribution in [0.15, 0.2) is 48.7 Å². The number of carbonyl (C=O) groups excluding carboxylic acids is 3. The zero-order valence-corrected chi connectivity index (χ0v) is 19.1. The van der Waals surface area contributed by atoms with Crippen LogP contribution in [0, 0.1) is 5.82 Å². The Balaban J connectivity index is 1.76. The summed E-state index contributed by atoms with van der Waals surface area (Å²) in [5, 5.41) is 10.6. The first-order chi connectivity index (χ1) is 17.6. The third-order valence-electron chi connectivity index (χ3n) is 5.91. The molecule has 8 nitrogen and oxygen atoms in total. The minimum absolute atomic E-state index is 0.141. The highest BCUT2D eigenvalue weighted by molar-refractivity contribution is 6.08. The van der Waals surface area contributed by atoms with Crippen LogP contribution in [0.5, 0.6) is 0 Å². The Bertz CT molecular complexity index is 1430. The van der Waals surface area contributed by atoms with E-state index in [1.807, 2.05) is 5.32 Å². The minimum Gasteiger partial charge on any atom is -0.349 e. The van der Waals surface area contributed by atoms with E-state index in [0.717, 1.165) is 12.1 Å². The summed E-state index contributed by atoms with van der Waals surface area (Å²) >= 11 is 0. The summed E-state index contributed by atoms with van der Waals surface area (Å²) in [7, 11) is 1.45. The lowest BCUT2D eigenvalue weighted by molar-refractivity contribution is -0.140. The first kappa shape index (κ1) is 26.6. The van der Waals surface area contributed by atoms with Crippen LogP contribution >= 0.6 is 0 Å². The van der Waals surface area contributed by atoms with Crippen LogP contribution in [0.4, 0.5) is 35.5 Å². The van der Waals surface area contributed by atoms with Gasteiger partial charge < -0.3 is 10.6 Å². The molecule has 4 amide bonds. The summed E-state index contributed by atoms with van der Waals surface area (Å²) in [5.41, 5.74) is -6.58. The van der Waals surface area contributed by atoms with E-state index in [-0.39, 0.29) is 5.69 Å². The Hall–Kier alpha value is -4.43. The maximum Gasteiger partial charge on any atom is 0.419 e. The van der Waals surface area contributed by atoms with Crippen molar-refractivity contribution in [3.8, 4) is 11.1 Å². The van der Waals surface area contributed by atoms with Gasteiger partial charge in [0.2, 0.25) is 0 Å². The van der Waals surface area contributed by atoms with E-state index >= 15 is 4.39 Å². The Kier molecular flexibility index (Phi) is 6.41. The molecule has 2 aromatic carbocycles. The smallest absolute Gasteiger partial charge is 0.349 e. The lowest BCUT2D eigenvalue weighted by Gasteiger charge is -2.26. The van der Waals surface area contributed by atoms with Gasteiger partial charge in [0.25, 0.3) is 11.8 Å². The van der Waals surface area contributed by atoms with Crippen molar-refractivity contribution in [2.75, 3.05) is 6.54 Å². The highest BCUT2D eigenvalue weighted by atomic mass is 19.4. The third-order valence-corrected chi connectivity index (χ3v) is 5.91. The quantitative estimate of drug-likeness (QED) is 0.337. The van der Waals surface area contributed by atoms with Crippen LogP contribution in [0.3, 0.4) is 0 Å². The fourth-order valence-corrected chi connectivity index (χ4v) is 4.08. The van der Waals surface area contributed by atoms with E-state index in [9.17, 15) is 40.7 Å². The molecule has 1 fully saturated rings. The van der Waals surface area contributed by atoms with Crippen molar-refractivity contribution in [1.82, 2.24) is 25.7 Å². The average Bonchev–Trinajstić information content (AvgIpc) is 3.38. The highest BCUT2D eigenvalue weighted by Gasteiger charge is 2.50. The van der Waals surface area contributed by atoms with Gasteiger partial charge in [0, 0.05) is 18.8 Å². The van der Waals surface area contributed by atoms with Crippen LogP contribution in [-0.4, -0.2) is 34.2 Å². The predicted octanol–water partition coefficient (Wildman–Crippen LogP) is 3.73. The number of alkyl halides is 6. The van der Waals surface area contributed by atoms with E-state index in [2.05, 4.69) is 15.7 Å². The lowest BCUT2D eigenvalue weighted by atomic mass is 9.93. The monoisotopic (exact) mass is 543 g/mol. The number of rotatable bonds is 5. The molecule has 1 saturated heterocycles. The van der Waals surface area contributed by atoms with E-state index in [0.29, 0.717) is 24.3 Å². The Morgan fingerprint density at radius 2 is 1.66 bits per heavy atom. The zero-order valence-electron chi connectivity index (χ0n) is 19.1. The summed E-state index contributed by atoms with van der Waals surface area (Å²) in [6.45, 7) is -0.627. The first-order valence-corrected chi connectivity index (χ1v) is 10.6. The summed E-state index contributed by atoms with van der Waals surface area (Å²) in [5.74, 6) is -3.91. The fraction of sp³-hybridized carbons (Fsp3) is 0.217. The molecule has 0 radical (unpaired) electrons. The molecule has 38 heavy (non-hydrogen) atoms. The molecular formula is C23H16F7N5O3. The van der Waals surface area contributed by atoms with Gasteiger partial charge in [-0.2, -0.15) is 31.4 Å². The van der Waals surface area contributed by atoms with Crippen molar-refractivity contribution in [3.63, 3.8) is 0 Å². The van der Waals surface area contributed by atoms with Crippen molar-refractivity contribution in [1.29, 1.82) is 0 Å². The number of amides is 4.